The first-order chi connectivity index (χ1) is 6.69. The summed E-state index contributed by atoms with van der Waals surface area (Å²) < 4.78 is 4.97. The molecule has 14 heavy (non-hydrogen) atoms. The summed E-state index contributed by atoms with van der Waals surface area (Å²) in [5.74, 6) is 5.68. The van der Waals surface area contributed by atoms with Crippen LogP contribution in [0, 0.1) is 11.8 Å². The van der Waals surface area contributed by atoms with Gasteiger partial charge in [0.05, 0.1) is 17.2 Å². The van der Waals surface area contributed by atoms with Crippen LogP contribution in [-0.4, -0.2) is 18.8 Å². The van der Waals surface area contributed by atoms with E-state index in [0.29, 0.717) is 21.4 Å². The summed E-state index contributed by atoms with van der Waals surface area (Å²) in [6.45, 7) is -0.208. The van der Waals surface area contributed by atoms with Gasteiger partial charge in [0.15, 0.2) is 0 Å². The van der Waals surface area contributed by atoms with Crippen molar-refractivity contribution in [3.63, 3.8) is 0 Å². The van der Waals surface area contributed by atoms with Crippen LogP contribution in [0.2, 0.25) is 10.0 Å². The maximum absolute atomic E-state index is 8.51. The first-order valence-corrected chi connectivity index (χ1v) is 4.57. The van der Waals surface area contributed by atoms with E-state index in [1.54, 1.807) is 12.1 Å². The van der Waals surface area contributed by atoms with E-state index in [4.69, 9.17) is 33.0 Å². The molecule has 0 saturated carbocycles. The van der Waals surface area contributed by atoms with Gasteiger partial charge in [0.25, 0.3) is 0 Å². The number of hydrogen-bond acceptors (Lipinski definition) is 2. The maximum Gasteiger partial charge on any atom is 0.139 e. The molecule has 0 unspecified atom stereocenters. The van der Waals surface area contributed by atoms with E-state index >= 15 is 0 Å². The number of aliphatic hydroxyl groups is 1. The molecule has 1 aromatic rings. The van der Waals surface area contributed by atoms with Crippen molar-refractivity contribution in [1.29, 1.82) is 0 Å². The second-order valence-corrected chi connectivity index (χ2v) is 3.24. The third-order valence-electron chi connectivity index (χ3n) is 1.54. The number of halogens is 2. The van der Waals surface area contributed by atoms with Gasteiger partial charge >= 0.3 is 0 Å². The van der Waals surface area contributed by atoms with Crippen molar-refractivity contribution in [2.75, 3.05) is 13.7 Å². The van der Waals surface area contributed by atoms with E-state index in [2.05, 4.69) is 11.8 Å². The van der Waals surface area contributed by atoms with E-state index in [1.807, 2.05) is 0 Å². The molecular formula is C10H8Cl2O2. The Bertz CT molecular complexity index is 391. The molecule has 4 heteroatoms. The molecule has 1 rings (SSSR count). The van der Waals surface area contributed by atoms with Gasteiger partial charge in [-0.15, -0.1) is 0 Å². The monoisotopic (exact) mass is 230 g/mol. The summed E-state index contributed by atoms with van der Waals surface area (Å²) in [6.07, 6.45) is 0. The van der Waals surface area contributed by atoms with Crippen molar-refractivity contribution < 1.29 is 9.84 Å². The van der Waals surface area contributed by atoms with Crippen LogP contribution in [0.5, 0.6) is 5.75 Å². The lowest BCUT2D eigenvalue weighted by Crippen LogP contribution is -1.86. The quantitative estimate of drug-likeness (QED) is 0.751. The van der Waals surface area contributed by atoms with E-state index < -0.39 is 0 Å². The molecule has 0 heterocycles. The fraction of sp³-hybridized carbons (Fsp3) is 0.200. The molecule has 0 aromatic heterocycles. The van der Waals surface area contributed by atoms with Crippen LogP contribution in [0.3, 0.4) is 0 Å². The minimum atomic E-state index is -0.208. The Labute approximate surface area is 92.4 Å². The number of hydrogen-bond donors (Lipinski definition) is 1. The summed E-state index contributed by atoms with van der Waals surface area (Å²) in [4.78, 5) is 0. The highest BCUT2D eigenvalue weighted by atomic mass is 35.5. The zero-order valence-corrected chi connectivity index (χ0v) is 8.99. The van der Waals surface area contributed by atoms with Crippen LogP contribution >= 0.6 is 23.2 Å². The van der Waals surface area contributed by atoms with Crippen molar-refractivity contribution >= 4 is 23.2 Å². The molecule has 0 saturated heterocycles. The van der Waals surface area contributed by atoms with Gasteiger partial charge in [0, 0.05) is 11.6 Å². The number of aliphatic hydroxyl groups excluding tert-OH is 1. The Morgan fingerprint density at radius 1 is 1.36 bits per heavy atom. The van der Waals surface area contributed by atoms with Crippen molar-refractivity contribution in [3.8, 4) is 17.6 Å². The second-order valence-electron chi connectivity index (χ2n) is 2.43. The first-order valence-electron chi connectivity index (χ1n) is 3.81. The highest BCUT2D eigenvalue weighted by molar-refractivity contribution is 6.35. The van der Waals surface area contributed by atoms with Gasteiger partial charge in [0.1, 0.15) is 12.4 Å². The Morgan fingerprint density at radius 3 is 2.64 bits per heavy atom. The molecule has 0 bridgehead atoms. The fourth-order valence-corrected chi connectivity index (χ4v) is 1.36. The normalized spacial score (nSPS) is 9.14. The lowest BCUT2D eigenvalue weighted by molar-refractivity contribution is 0.350. The molecule has 0 radical (unpaired) electrons. The second kappa shape index (κ2) is 5.11. The van der Waals surface area contributed by atoms with Gasteiger partial charge in [-0.25, -0.2) is 0 Å². The third kappa shape index (κ3) is 2.55. The smallest absolute Gasteiger partial charge is 0.139 e. The number of ether oxygens (including phenoxy) is 1. The van der Waals surface area contributed by atoms with Crippen molar-refractivity contribution in [2.24, 2.45) is 0 Å². The molecule has 2 nitrogen and oxygen atoms in total. The van der Waals surface area contributed by atoms with Gasteiger partial charge < -0.3 is 9.84 Å². The molecule has 74 valence electrons. The Morgan fingerprint density at radius 2 is 2.07 bits per heavy atom. The molecule has 0 fully saturated rings. The van der Waals surface area contributed by atoms with Gasteiger partial charge in [-0.1, -0.05) is 35.0 Å². The SMILES string of the molecule is COc1cc(Cl)c(C#CCO)cc1Cl. The zero-order valence-electron chi connectivity index (χ0n) is 7.47. The average molecular weight is 231 g/mol. The largest absolute Gasteiger partial charge is 0.495 e. The summed E-state index contributed by atoms with van der Waals surface area (Å²) in [5, 5.41) is 9.41. The molecule has 0 spiro atoms. The fourth-order valence-electron chi connectivity index (χ4n) is 0.916. The van der Waals surface area contributed by atoms with Crippen molar-refractivity contribution in [3.05, 3.63) is 27.7 Å². The summed E-state index contributed by atoms with van der Waals surface area (Å²) in [7, 11) is 1.51. The summed E-state index contributed by atoms with van der Waals surface area (Å²) in [6, 6.07) is 3.19. The van der Waals surface area contributed by atoms with Crippen LogP contribution in [-0.2, 0) is 0 Å². The zero-order chi connectivity index (χ0) is 10.6. The van der Waals surface area contributed by atoms with Crippen LogP contribution in [0.1, 0.15) is 5.56 Å². The van der Waals surface area contributed by atoms with Gasteiger partial charge in [-0.05, 0) is 6.07 Å². The number of methoxy groups -OCH3 is 1. The Balaban J connectivity index is 3.15. The van der Waals surface area contributed by atoms with Crippen LogP contribution in [0.25, 0.3) is 0 Å². The Kier molecular flexibility index (Phi) is 4.09. The van der Waals surface area contributed by atoms with Gasteiger partial charge in [-0.2, -0.15) is 0 Å². The molecule has 0 aliphatic carbocycles. The van der Waals surface area contributed by atoms with Crippen LogP contribution < -0.4 is 4.74 Å². The van der Waals surface area contributed by atoms with Gasteiger partial charge in [-0.3, -0.25) is 0 Å². The average Bonchev–Trinajstić information content (AvgIpc) is 2.18. The van der Waals surface area contributed by atoms with E-state index in [1.165, 1.54) is 7.11 Å². The predicted molar refractivity (Wildman–Crippen MR) is 57.0 cm³/mol. The molecule has 0 aliphatic rings. The molecule has 0 aliphatic heterocycles. The minimum Gasteiger partial charge on any atom is -0.495 e. The lowest BCUT2D eigenvalue weighted by atomic mass is 10.2. The van der Waals surface area contributed by atoms with E-state index in [9.17, 15) is 0 Å². The number of rotatable bonds is 1. The van der Waals surface area contributed by atoms with Crippen molar-refractivity contribution in [1.82, 2.24) is 0 Å². The van der Waals surface area contributed by atoms with Crippen molar-refractivity contribution in [2.45, 2.75) is 0 Å². The highest BCUT2D eigenvalue weighted by Crippen LogP contribution is 2.30. The minimum absolute atomic E-state index is 0.208. The molecule has 1 aromatic carbocycles. The maximum atomic E-state index is 8.51. The standard InChI is InChI=1S/C10H8Cl2O2/c1-14-10-6-8(11)7(3-2-4-13)5-9(10)12/h5-6,13H,4H2,1H3. The summed E-state index contributed by atoms with van der Waals surface area (Å²) in [5.41, 5.74) is 0.575. The molecular weight excluding hydrogens is 223 g/mol. The third-order valence-corrected chi connectivity index (χ3v) is 2.15. The first kappa shape index (κ1) is 11.2. The van der Waals surface area contributed by atoms with E-state index in [0.717, 1.165) is 0 Å². The van der Waals surface area contributed by atoms with Gasteiger partial charge in [0.2, 0.25) is 0 Å². The van der Waals surface area contributed by atoms with Crippen LogP contribution in [0.4, 0.5) is 0 Å². The number of benzene rings is 1. The molecule has 1 N–H and O–H groups in total. The molecule has 0 atom stereocenters. The Hall–Kier alpha value is -0.880. The van der Waals surface area contributed by atoms with E-state index in [-0.39, 0.29) is 6.61 Å². The van der Waals surface area contributed by atoms with Crippen LogP contribution in [0.15, 0.2) is 12.1 Å². The lowest BCUT2D eigenvalue weighted by Gasteiger charge is -2.04. The molecule has 0 amide bonds. The predicted octanol–water partition coefficient (Wildman–Crippen LogP) is 2.35. The highest BCUT2D eigenvalue weighted by Gasteiger charge is 2.05. The topological polar surface area (TPSA) is 29.5 Å². The summed E-state index contributed by atoms with van der Waals surface area (Å²) >= 11 is 11.8.